The Morgan fingerprint density at radius 3 is 3.18 bits per heavy atom. The second-order valence-electron chi connectivity index (χ2n) is 3.11. The molecule has 1 nitrogen and oxygen atoms in total. The molecule has 2 atom stereocenters. The summed E-state index contributed by atoms with van der Waals surface area (Å²) in [6.45, 7) is 0. The highest BCUT2D eigenvalue weighted by molar-refractivity contribution is 5.39. The molecule has 1 saturated heterocycles. The van der Waals surface area contributed by atoms with Gasteiger partial charge in [0.1, 0.15) is 11.9 Å². The summed E-state index contributed by atoms with van der Waals surface area (Å²) in [5, 5.41) is 0. The summed E-state index contributed by atoms with van der Waals surface area (Å²) in [7, 11) is 0. The van der Waals surface area contributed by atoms with Crippen LogP contribution in [0, 0.1) is 5.82 Å². The SMILES string of the molecule is Fc1cccc2c1C[C@H]1O[C@H]21. The molecule has 0 saturated carbocycles. The van der Waals surface area contributed by atoms with Crippen LogP contribution in [0.15, 0.2) is 18.2 Å². The lowest BCUT2D eigenvalue weighted by Gasteiger charge is -2.01. The van der Waals surface area contributed by atoms with Crippen LogP contribution in [-0.2, 0) is 11.2 Å². The maximum absolute atomic E-state index is 13.0. The van der Waals surface area contributed by atoms with Crippen molar-refractivity contribution in [2.24, 2.45) is 0 Å². The Labute approximate surface area is 63.8 Å². The van der Waals surface area contributed by atoms with Gasteiger partial charge in [-0.3, -0.25) is 0 Å². The maximum Gasteiger partial charge on any atom is 0.126 e. The third-order valence-corrected chi connectivity index (χ3v) is 2.45. The highest BCUT2D eigenvalue weighted by Crippen LogP contribution is 2.49. The van der Waals surface area contributed by atoms with Gasteiger partial charge in [0.05, 0.1) is 6.10 Å². The van der Waals surface area contributed by atoms with Gasteiger partial charge in [-0.1, -0.05) is 12.1 Å². The molecule has 2 heteroatoms. The average molecular weight is 150 g/mol. The van der Waals surface area contributed by atoms with E-state index in [1.165, 1.54) is 6.07 Å². The topological polar surface area (TPSA) is 12.5 Å². The van der Waals surface area contributed by atoms with Crippen LogP contribution in [0.1, 0.15) is 17.2 Å². The molecule has 0 bridgehead atoms. The molecule has 1 aromatic carbocycles. The zero-order valence-electron chi connectivity index (χ0n) is 5.88. The van der Waals surface area contributed by atoms with Crippen LogP contribution >= 0.6 is 0 Å². The van der Waals surface area contributed by atoms with Gasteiger partial charge in [-0.05, 0) is 17.2 Å². The second kappa shape index (κ2) is 1.64. The molecule has 1 aromatic rings. The molecule has 0 N–H and O–H groups in total. The predicted octanol–water partition coefficient (Wildman–Crippen LogP) is 1.82. The van der Waals surface area contributed by atoms with Crippen molar-refractivity contribution in [3.8, 4) is 0 Å². The Kier molecular flexibility index (Phi) is 0.853. The van der Waals surface area contributed by atoms with Crippen molar-refractivity contribution >= 4 is 0 Å². The van der Waals surface area contributed by atoms with Gasteiger partial charge in [0, 0.05) is 6.42 Å². The van der Waals surface area contributed by atoms with Gasteiger partial charge in [-0.25, -0.2) is 4.39 Å². The molecule has 11 heavy (non-hydrogen) atoms. The Morgan fingerprint density at radius 1 is 1.45 bits per heavy atom. The fourth-order valence-electron chi connectivity index (χ4n) is 1.83. The molecule has 0 unspecified atom stereocenters. The van der Waals surface area contributed by atoms with Gasteiger partial charge >= 0.3 is 0 Å². The highest BCUT2D eigenvalue weighted by Gasteiger charge is 2.47. The molecular weight excluding hydrogens is 143 g/mol. The first-order chi connectivity index (χ1) is 5.36. The number of hydrogen-bond donors (Lipinski definition) is 0. The van der Waals surface area contributed by atoms with E-state index in [9.17, 15) is 4.39 Å². The standard InChI is InChI=1S/C9H7FO/c10-7-3-1-2-5-6(7)4-8-9(5)11-8/h1-3,8-9H,4H2/t8-,9-/m1/s1. The van der Waals surface area contributed by atoms with Crippen molar-refractivity contribution in [3.05, 3.63) is 35.1 Å². The number of fused-ring (bicyclic) bond motifs is 3. The fraction of sp³-hybridized carbons (Fsp3) is 0.333. The third-order valence-electron chi connectivity index (χ3n) is 2.45. The summed E-state index contributed by atoms with van der Waals surface area (Å²) in [6, 6.07) is 5.22. The van der Waals surface area contributed by atoms with Gasteiger partial charge in [0.2, 0.25) is 0 Å². The van der Waals surface area contributed by atoms with Crippen LogP contribution in [0.4, 0.5) is 4.39 Å². The number of epoxide rings is 1. The minimum Gasteiger partial charge on any atom is -0.364 e. The summed E-state index contributed by atoms with van der Waals surface area (Å²) in [5.41, 5.74) is 1.93. The lowest BCUT2D eigenvalue weighted by atomic mass is 10.1. The molecule has 1 aliphatic carbocycles. The van der Waals surface area contributed by atoms with Crippen LogP contribution in [0.2, 0.25) is 0 Å². The molecule has 56 valence electrons. The predicted molar refractivity (Wildman–Crippen MR) is 37.7 cm³/mol. The van der Waals surface area contributed by atoms with Gasteiger partial charge in [0.25, 0.3) is 0 Å². The van der Waals surface area contributed by atoms with Gasteiger partial charge in [0.15, 0.2) is 0 Å². The molecule has 2 aliphatic rings. The van der Waals surface area contributed by atoms with E-state index in [0.29, 0.717) is 6.10 Å². The number of halogens is 1. The lowest BCUT2D eigenvalue weighted by molar-refractivity contribution is 0.357. The van der Waals surface area contributed by atoms with E-state index in [4.69, 9.17) is 4.74 Å². The number of hydrogen-bond acceptors (Lipinski definition) is 1. The molecule has 0 aromatic heterocycles. The number of benzene rings is 1. The van der Waals surface area contributed by atoms with E-state index in [2.05, 4.69) is 0 Å². The largest absolute Gasteiger partial charge is 0.364 e. The van der Waals surface area contributed by atoms with E-state index < -0.39 is 0 Å². The first-order valence-corrected chi connectivity index (χ1v) is 3.79. The Balaban J connectivity index is 2.24. The van der Waals surface area contributed by atoms with Crippen LogP contribution < -0.4 is 0 Å². The van der Waals surface area contributed by atoms with Crippen molar-refractivity contribution < 1.29 is 9.13 Å². The summed E-state index contributed by atoms with van der Waals surface area (Å²) in [6.07, 6.45) is 1.29. The summed E-state index contributed by atoms with van der Waals surface area (Å²) in [5.74, 6) is -0.0710. The monoisotopic (exact) mass is 150 g/mol. The van der Waals surface area contributed by atoms with Crippen molar-refractivity contribution in [2.75, 3.05) is 0 Å². The smallest absolute Gasteiger partial charge is 0.126 e. The highest BCUT2D eigenvalue weighted by atomic mass is 19.1. The zero-order chi connectivity index (χ0) is 7.42. The van der Waals surface area contributed by atoms with Crippen molar-refractivity contribution in [1.29, 1.82) is 0 Å². The Bertz CT molecular complexity index is 321. The van der Waals surface area contributed by atoms with Crippen LogP contribution in [0.25, 0.3) is 0 Å². The van der Waals surface area contributed by atoms with Crippen LogP contribution in [0.3, 0.4) is 0 Å². The van der Waals surface area contributed by atoms with Gasteiger partial charge in [-0.15, -0.1) is 0 Å². The number of rotatable bonds is 0. The lowest BCUT2D eigenvalue weighted by Crippen LogP contribution is -1.92. The molecule has 0 amide bonds. The maximum atomic E-state index is 13.0. The van der Waals surface area contributed by atoms with Crippen molar-refractivity contribution in [1.82, 2.24) is 0 Å². The molecule has 1 aliphatic heterocycles. The minimum atomic E-state index is -0.0710. The first-order valence-electron chi connectivity index (χ1n) is 3.79. The van der Waals surface area contributed by atoms with Crippen molar-refractivity contribution in [3.63, 3.8) is 0 Å². The molecular formula is C9H7FO. The Hall–Kier alpha value is -0.890. The molecule has 1 heterocycles. The van der Waals surface area contributed by atoms with Crippen LogP contribution in [0.5, 0.6) is 0 Å². The van der Waals surface area contributed by atoms with Gasteiger partial charge < -0.3 is 4.74 Å². The minimum absolute atomic E-state index is 0.0710. The van der Waals surface area contributed by atoms with Crippen molar-refractivity contribution in [2.45, 2.75) is 18.6 Å². The normalized spacial score (nSPS) is 31.4. The van der Waals surface area contributed by atoms with E-state index >= 15 is 0 Å². The van der Waals surface area contributed by atoms with E-state index in [1.54, 1.807) is 6.07 Å². The van der Waals surface area contributed by atoms with E-state index in [1.807, 2.05) is 6.07 Å². The van der Waals surface area contributed by atoms with Crippen LogP contribution in [-0.4, -0.2) is 6.10 Å². The summed E-state index contributed by atoms with van der Waals surface area (Å²) in [4.78, 5) is 0. The van der Waals surface area contributed by atoms with E-state index in [-0.39, 0.29) is 11.9 Å². The summed E-state index contributed by atoms with van der Waals surface area (Å²) < 4.78 is 18.3. The third kappa shape index (κ3) is 0.627. The average Bonchev–Trinajstić information content (AvgIpc) is 2.67. The molecule has 0 radical (unpaired) electrons. The fourth-order valence-corrected chi connectivity index (χ4v) is 1.83. The quantitative estimate of drug-likeness (QED) is 0.514. The summed E-state index contributed by atoms with van der Waals surface area (Å²) >= 11 is 0. The Morgan fingerprint density at radius 2 is 2.36 bits per heavy atom. The number of ether oxygens (including phenoxy) is 1. The first kappa shape index (κ1) is 5.72. The zero-order valence-corrected chi connectivity index (χ0v) is 5.88. The molecule has 3 rings (SSSR count). The molecule has 0 spiro atoms. The second-order valence-corrected chi connectivity index (χ2v) is 3.11. The van der Waals surface area contributed by atoms with E-state index in [0.717, 1.165) is 17.5 Å². The molecule has 1 fully saturated rings. The van der Waals surface area contributed by atoms with Gasteiger partial charge in [-0.2, -0.15) is 0 Å².